The Labute approximate surface area is 165 Å². The molecule has 0 radical (unpaired) electrons. The van der Waals surface area contributed by atoms with Gasteiger partial charge in [-0.25, -0.2) is 4.98 Å². The number of non-ortho nitro benzene ring substituents is 1. The molecule has 1 aliphatic rings. The molecule has 0 saturated carbocycles. The van der Waals surface area contributed by atoms with Gasteiger partial charge in [0.25, 0.3) is 11.6 Å². The summed E-state index contributed by atoms with van der Waals surface area (Å²) in [6.07, 6.45) is 2.83. The lowest BCUT2D eigenvalue weighted by atomic mass is 10.1. The summed E-state index contributed by atoms with van der Waals surface area (Å²) in [6, 6.07) is 5.35. The van der Waals surface area contributed by atoms with Crippen molar-refractivity contribution in [1.82, 2.24) is 4.98 Å². The largest absolute Gasteiger partial charge is 0.494 e. The van der Waals surface area contributed by atoms with Gasteiger partial charge in [0.1, 0.15) is 16.9 Å². The number of methoxy groups -OCH3 is 1. The van der Waals surface area contributed by atoms with Crippen LogP contribution in [0.4, 0.5) is 11.4 Å². The van der Waals surface area contributed by atoms with Gasteiger partial charge in [-0.05, 0) is 12.1 Å². The van der Waals surface area contributed by atoms with Gasteiger partial charge >= 0.3 is 0 Å². The van der Waals surface area contributed by atoms with Crippen molar-refractivity contribution in [2.24, 2.45) is 0 Å². The van der Waals surface area contributed by atoms with E-state index >= 15 is 0 Å². The Hall–Kier alpha value is -2.91. The van der Waals surface area contributed by atoms with Gasteiger partial charge in [0.05, 0.1) is 42.6 Å². The first-order chi connectivity index (χ1) is 13.5. The number of aromatic nitrogens is 1. The highest BCUT2D eigenvalue weighted by molar-refractivity contribution is 6.32. The summed E-state index contributed by atoms with van der Waals surface area (Å²) < 4.78 is 16.2. The molecule has 1 aromatic heterocycles. The number of hydrogen-bond donors (Lipinski definition) is 1. The van der Waals surface area contributed by atoms with Crippen LogP contribution in [0, 0.1) is 10.1 Å². The highest BCUT2D eigenvalue weighted by Crippen LogP contribution is 2.30. The van der Waals surface area contributed by atoms with E-state index in [1.54, 1.807) is 0 Å². The molecule has 2 heterocycles. The first-order valence-electron chi connectivity index (χ1n) is 8.51. The molecule has 9 nitrogen and oxygen atoms in total. The van der Waals surface area contributed by atoms with E-state index in [1.807, 2.05) is 0 Å². The highest BCUT2D eigenvalue weighted by atomic mass is 35.5. The minimum absolute atomic E-state index is 0.0252. The normalized spacial score (nSPS) is 14.4. The van der Waals surface area contributed by atoms with E-state index in [4.69, 9.17) is 25.8 Å². The lowest BCUT2D eigenvalue weighted by molar-refractivity contribution is -0.384. The predicted molar refractivity (Wildman–Crippen MR) is 101 cm³/mol. The number of rotatable bonds is 6. The molecule has 0 aliphatic carbocycles. The van der Waals surface area contributed by atoms with Gasteiger partial charge < -0.3 is 19.5 Å². The fourth-order valence-electron chi connectivity index (χ4n) is 2.68. The second-order valence-corrected chi connectivity index (χ2v) is 6.44. The molecule has 28 heavy (non-hydrogen) atoms. The quantitative estimate of drug-likeness (QED) is 0.576. The number of anilines is 1. The summed E-state index contributed by atoms with van der Waals surface area (Å²) in [6.45, 7) is 1.25. The second-order valence-electron chi connectivity index (χ2n) is 6.04. The summed E-state index contributed by atoms with van der Waals surface area (Å²) >= 11 is 6.21. The highest BCUT2D eigenvalue weighted by Gasteiger charge is 2.19. The van der Waals surface area contributed by atoms with Crippen LogP contribution in [0.25, 0.3) is 0 Å². The molecule has 3 rings (SSSR count). The van der Waals surface area contributed by atoms with Crippen molar-refractivity contribution in [3.05, 3.63) is 51.2 Å². The number of carbonyl (C=O) groups excluding carboxylic acids is 1. The third-order valence-electron chi connectivity index (χ3n) is 4.16. The first-order valence-corrected chi connectivity index (χ1v) is 8.89. The monoisotopic (exact) mass is 407 g/mol. The van der Waals surface area contributed by atoms with Gasteiger partial charge in [0.2, 0.25) is 5.88 Å². The molecule has 148 valence electrons. The maximum Gasteiger partial charge on any atom is 0.273 e. The van der Waals surface area contributed by atoms with Crippen molar-refractivity contribution in [3.8, 4) is 11.6 Å². The third kappa shape index (κ3) is 4.68. The third-order valence-corrected chi connectivity index (χ3v) is 4.43. The second kappa shape index (κ2) is 8.85. The Morgan fingerprint density at radius 2 is 2.11 bits per heavy atom. The molecule has 0 spiro atoms. The molecule has 0 unspecified atom stereocenters. The molecule has 2 aromatic rings. The summed E-state index contributed by atoms with van der Waals surface area (Å²) in [5.74, 6) is -0.0571. The molecule has 0 bridgehead atoms. The van der Waals surface area contributed by atoms with Crippen LogP contribution in [0.5, 0.6) is 11.6 Å². The standard InChI is InChI=1S/C18H18ClN3O6/c1-26-16-9-12(22(24)25)2-3-15(16)21-17(23)11-8-14(19)18(20-10-11)28-13-4-6-27-7-5-13/h2-3,8-10,13H,4-7H2,1H3,(H,21,23). The first kappa shape index (κ1) is 19.8. The molecule has 0 atom stereocenters. The number of halogens is 1. The average molecular weight is 408 g/mol. The number of nitrogens with one attached hydrogen (secondary N) is 1. The fourth-order valence-corrected chi connectivity index (χ4v) is 2.89. The van der Waals surface area contributed by atoms with Crippen LogP contribution in [0.2, 0.25) is 5.02 Å². The zero-order valence-electron chi connectivity index (χ0n) is 15.0. The van der Waals surface area contributed by atoms with Crippen LogP contribution < -0.4 is 14.8 Å². The molecule has 1 aromatic carbocycles. The lowest BCUT2D eigenvalue weighted by Gasteiger charge is -2.23. The predicted octanol–water partition coefficient (Wildman–Crippen LogP) is 3.46. The Kier molecular flexibility index (Phi) is 6.27. The van der Waals surface area contributed by atoms with Crippen molar-refractivity contribution >= 4 is 28.9 Å². The molecule has 1 aliphatic heterocycles. The van der Waals surface area contributed by atoms with Gasteiger partial charge in [0, 0.05) is 25.1 Å². The molecule has 10 heteroatoms. The molecule has 1 N–H and O–H groups in total. The number of hydrogen-bond acceptors (Lipinski definition) is 7. The summed E-state index contributed by atoms with van der Waals surface area (Å²) in [7, 11) is 1.36. The van der Waals surface area contributed by atoms with E-state index in [-0.39, 0.29) is 39.7 Å². The van der Waals surface area contributed by atoms with Crippen LogP contribution in [0.1, 0.15) is 23.2 Å². The van der Waals surface area contributed by atoms with Crippen molar-refractivity contribution in [1.29, 1.82) is 0 Å². The minimum atomic E-state index is -0.547. The Bertz CT molecular complexity index is 886. The smallest absolute Gasteiger partial charge is 0.273 e. The van der Waals surface area contributed by atoms with Crippen LogP contribution >= 0.6 is 11.6 Å². The molecule has 1 amide bonds. The van der Waals surface area contributed by atoms with Crippen molar-refractivity contribution in [3.63, 3.8) is 0 Å². The van der Waals surface area contributed by atoms with Crippen molar-refractivity contribution in [2.75, 3.05) is 25.6 Å². The van der Waals surface area contributed by atoms with Crippen LogP contribution in [-0.2, 0) is 4.74 Å². The number of pyridine rings is 1. The topological polar surface area (TPSA) is 113 Å². The van der Waals surface area contributed by atoms with Gasteiger partial charge in [0.15, 0.2) is 0 Å². The number of nitrogens with zero attached hydrogens (tertiary/aromatic N) is 2. The van der Waals surface area contributed by atoms with Gasteiger partial charge in [-0.15, -0.1) is 0 Å². The van der Waals surface area contributed by atoms with E-state index < -0.39 is 10.8 Å². The van der Waals surface area contributed by atoms with Crippen molar-refractivity contribution < 1.29 is 23.9 Å². The van der Waals surface area contributed by atoms with Gasteiger partial charge in [-0.1, -0.05) is 11.6 Å². The Balaban J connectivity index is 1.72. The number of amides is 1. The maximum atomic E-state index is 12.5. The van der Waals surface area contributed by atoms with E-state index in [0.717, 1.165) is 12.8 Å². The Morgan fingerprint density at radius 3 is 2.75 bits per heavy atom. The summed E-state index contributed by atoms with van der Waals surface area (Å²) in [5, 5.41) is 13.7. The van der Waals surface area contributed by atoms with E-state index in [0.29, 0.717) is 13.2 Å². The number of carbonyl (C=O) groups is 1. The average Bonchev–Trinajstić information content (AvgIpc) is 2.70. The fraction of sp³-hybridized carbons (Fsp3) is 0.333. The lowest BCUT2D eigenvalue weighted by Crippen LogP contribution is -2.26. The van der Waals surface area contributed by atoms with E-state index in [2.05, 4.69) is 10.3 Å². The summed E-state index contributed by atoms with van der Waals surface area (Å²) in [5.41, 5.74) is 0.357. The Morgan fingerprint density at radius 1 is 1.36 bits per heavy atom. The zero-order valence-corrected chi connectivity index (χ0v) is 15.8. The van der Waals surface area contributed by atoms with Gasteiger partial charge in [-0.3, -0.25) is 14.9 Å². The van der Waals surface area contributed by atoms with Crippen LogP contribution in [0.15, 0.2) is 30.5 Å². The number of benzene rings is 1. The van der Waals surface area contributed by atoms with E-state index in [1.165, 1.54) is 37.6 Å². The maximum absolute atomic E-state index is 12.5. The molecule has 1 saturated heterocycles. The number of nitro benzene ring substituents is 1. The SMILES string of the molecule is COc1cc([N+](=O)[O-])ccc1NC(=O)c1cnc(OC2CCOCC2)c(Cl)c1. The van der Waals surface area contributed by atoms with Crippen LogP contribution in [-0.4, -0.2) is 42.2 Å². The van der Waals surface area contributed by atoms with Crippen LogP contribution in [0.3, 0.4) is 0 Å². The number of ether oxygens (including phenoxy) is 3. The molecular formula is C18H18ClN3O6. The van der Waals surface area contributed by atoms with Crippen molar-refractivity contribution in [2.45, 2.75) is 18.9 Å². The zero-order chi connectivity index (χ0) is 20.1. The van der Waals surface area contributed by atoms with Gasteiger partial charge in [-0.2, -0.15) is 0 Å². The molecular weight excluding hydrogens is 390 g/mol. The molecule has 1 fully saturated rings. The summed E-state index contributed by atoms with van der Waals surface area (Å²) in [4.78, 5) is 26.9. The number of nitro groups is 1. The van der Waals surface area contributed by atoms with E-state index in [9.17, 15) is 14.9 Å². The minimum Gasteiger partial charge on any atom is -0.494 e.